The maximum atomic E-state index is 10.8. The number of hydrogen-bond donors (Lipinski definition) is 1. The number of aliphatic carboxylic acids is 1. The van der Waals surface area contributed by atoms with Crippen LogP contribution >= 0.6 is 0 Å². The van der Waals surface area contributed by atoms with Crippen LogP contribution < -0.4 is 0 Å². The Hall–Kier alpha value is -1.43. The zero-order valence-electron chi connectivity index (χ0n) is 16.7. The van der Waals surface area contributed by atoms with Gasteiger partial charge in [-0.2, -0.15) is 0 Å². The van der Waals surface area contributed by atoms with E-state index in [0.29, 0.717) is 6.42 Å². The van der Waals surface area contributed by atoms with Gasteiger partial charge >= 0.3 is 5.97 Å². The van der Waals surface area contributed by atoms with E-state index >= 15 is 0 Å². The summed E-state index contributed by atoms with van der Waals surface area (Å²) in [6.07, 6.45) is 3.67. The second kappa shape index (κ2) is 8.07. The Balaban J connectivity index is 2.11. The predicted octanol–water partition coefficient (Wildman–Crippen LogP) is 5.18. The monoisotopic (exact) mass is 376 g/mol. The van der Waals surface area contributed by atoms with Crippen molar-refractivity contribution in [1.29, 1.82) is 0 Å². The Morgan fingerprint density at radius 3 is 2.46 bits per heavy atom. The highest BCUT2D eigenvalue weighted by molar-refractivity contribution is 6.74. The molecule has 26 heavy (non-hydrogen) atoms. The van der Waals surface area contributed by atoms with Crippen LogP contribution in [0.5, 0.6) is 0 Å². The fourth-order valence-corrected chi connectivity index (χ4v) is 4.30. The fraction of sp³-hybridized carbons (Fsp3) is 0.571. The van der Waals surface area contributed by atoms with Crippen molar-refractivity contribution in [3.8, 4) is 0 Å². The zero-order chi connectivity index (χ0) is 19.5. The predicted molar refractivity (Wildman–Crippen MR) is 107 cm³/mol. The number of benzene rings is 1. The summed E-state index contributed by atoms with van der Waals surface area (Å²) in [5.74, 6) is -0.735. The molecule has 1 aromatic rings. The maximum absolute atomic E-state index is 10.8. The van der Waals surface area contributed by atoms with Gasteiger partial charge in [0.05, 0.1) is 12.2 Å². The molecule has 1 aliphatic rings. The number of hydrogen-bond acceptors (Lipinski definition) is 3. The molecule has 2 rings (SSSR count). The zero-order valence-corrected chi connectivity index (χ0v) is 17.7. The molecule has 1 fully saturated rings. The molecule has 0 amide bonds. The third-order valence-electron chi connectivity index (χ3n) is 5.64. The smallest absolute Gasteiger partial charge is 0.327 e. The van der Waals surface area contributed by atoms with E-state index in [-0.39, 0.29) is 29.3 Å². The van der Waals surface area contributed by atoms with E-state index in [0.717, 1.165) is 0 Å². The third-order valence-corrected chi connectivity index (χ3v) is 10.1. The Labute approximate surface area is 158 Å². The minimum absolute atomic E-state index is 0.0507. The van der Waals surface area contributed by atoms with E-state index in [2.05, 4.69) is 52.9 Å². The van der Waals surface area contributed by atoms with E-state index in [4.69, 9.17) is 14.3 Å². The normalized spacial score (nSPS) is 23.0. The summed E-state index contributed by atoms with van der Waals surface area (Å²) in [6.45, 7) is 13.3. The average molecular weight is 377 g/mol. The van der Waals surface area contributed by atoms with Gasteiger partial charge in [0, 0.05) is 12.0 Å². The van der Waals surface area contributed by atoms with Crippen LogP contribution in [-0.2, 0) is 14.0 Å². The summed E-state index contributed by atoms with van der Waals surface area (Å²) in [6, 6.07) is 10.2. The van der Waals surface area contributed by atoms with E-state index in [1.54, 1.807) is 6.08 Å². The lowest BCUT2D eigenvalue weighted by Crippen LogP contribution is -2.46. The first-order valence-electron chi connectivity index (χ1n) is 9.30. The lowest BCUT2D eigenvalue weighted by molar-refractivity contribution is -0.131. The van der Waals surface area contributed by atoms with Crippen molar-refractivity contribution < 1.29 is 19.1 Å². The molecule has 0 spiro atoms. The fourth-order valence-electron chi connectivity index (χ4n) is 2.87. The molecule has 4 nitrogen and oxygen atoms in total. The Bertz CT molecular complexity index is 633. The van der Waals surface area contributed by atoms with Crippen molar-refractivity contribution >= 4 is 14.3 Å². The van der Waals surface area contributed by atoms with Crippen LogP contribution in [0.25, 0.3) is 0 Å². The average Bonchev–Trinajstić information content (AvgIpc) is 3.33. The largest absolute Gasteiger partial charge is 0.478 e. The SMILES string of the molecule is C[C@H]([C@H]1O[C@H]1c1ccccc1)[C@H](C/C=C/C(=O)O)O[Si](C)(C)C(C)(C)C. The molecular weight excluding hydrogens is 344 g/mol. The molecule has 1 saturated heterocycles. The molecule has 0 bridgehead atoms. The summed E-state index contributed by atoms with van der Waals surface area (Å²) >= 11 is 0. The minimum Gasteiger partial charge on any atom is -0.478 e. The summed E-state index contributed by atoms with van der Waals surface area (Å²) in [4.78, 5) is 10.8. The van der Waals surface area contributed by atoms with Crippen LogP contribution in [0.1, 0.15) is 45.8 Å². The molecule has 1 heterocycles. The highest BCUT2D eigenvalue weighted by Crippen LogP contribution is 2.46. The summed E-state index contributed by atoms with van der Waals surface area (Å²) in [5, 5.41) is 9.00. The van der Waals surface area contributed by atoms with E-state index in [1.165, 1.54) is 11.6 Å². The quantitative estimate of drug-likeness (QED) is 0.386. The number of ether oxygens (including phenoxy) is 1. The van der Waals surface area contributed by atoms with E-state index in [9.17, 15) is 4.79 Å². The topological polar surface area (TPSA) is 59.1 Å². The highest BCUT2D eigenvalue weighted by atomic mass is 28.4. The molecule has 1 aliphatic heterocycles. The van der Waals surface area contributed by atoms with Gasteiger partial charge < -0.3 is 14.3 Å². The molecule has 1 aromatic carbocycles. The van der Waals surface area contributed by atoms with Gasteiger partial charge in [-0.25, -0.2) is 4.79 Å². The van der Waals surface area contributed by atoms with Gasteiger partial charge in [-0.15, -0.1) is 0 Å². The molecule has 1 N–H and O–H groups in total. The number of carbonyl (C=O) groups is 1. The maximum Gasteiger partial charge on any atom is 0.327 e. The van der Waals surface area contributed by atoms with Crippen LogP contribution in [0, 0.1) is 5.92 Å². The standard InChI is InChI=1S/C21H32O4Si/c1-15(19-20(24-19)16-11-8-7-9-12-16)17(13-10-14-18(22)23)25-26(5,6)21(2,3)4/h7-12,14-15,17,19-20H,13H2,1-6H3,(H,22,23)/b14-10+/t15-,17-,19+,20-/m0/s1. The molecule has 5 heteroatoms. The van der Waals surface area contributed by atoms with Crippen molar-refractivity contribution in [2.24, 2.45) is 5.92 Å². The van der Waals surface area contributed by atoms with Crippen LogP contribution in [0.15, 0.2) is 42.5 Å². The van der Waals surface area contributed by atoms with Gasteiger partial charge in [0.15, 0.2) is 8.32 Å². The van der Waals surface area contributed by atoms with Crippen molar-refractivity contribution in [3.05, 3.63) is 48.0 Å². The number of carboxylic acid groups (broad SMARTS) is 1. The number of carboxylic acids is 1. The van der Waals surface area contributed by atoms with Crippen LogP contribution in [0.2, 0.25) is 18.1 Å². The molecular formula is C21H32O4Si. The lowest BCUT2D eigenvalue weighted by atomic mass is 9.94. The molecule has 0 saturated carbocycles. The van der Waals surface area contributed by atoms with Gasteiger partial charge in [-0.05, 0) is 30.1 Å². The van der Waals surface area contributed by atoms with E-state index in [1.807, 2.05) is 18.2 Å². The molecule has 4 atom stereocenters. The lowest BCUT2D eigenvalue weighted by Gasteiger charge is -2.40. The van der Waals surface area contributed by atoms with Gasteiger partial charge in [-0.1, -0.05) is 64.1 Å². The summed E-state index contributed by atoms with van der Waals surface area (Å²) < 4.78 is 12.6. The molecule has 0 aromatic heterocycles. The van der Waals surface area contributed by atoms with Crippen LogP contribution in [0.3, 0.4) is 0 Å². The Kier molecular flexibility index (Phi) is 6.48. The van der Waals surface area contributed by atoms with Gasteiger partial charge in [-0.3, -0.25) is 0 Å². The van der Waals surface area contributed by atoms with Gasteiger partial charge in [0.25, 0.3) is 0 Å². The molecule has 0 radical (unpaired) electrons. The second-order valence-electron chi connectivity index (χ2n) is 8.68. The summed E-state index contributed by atoms with van der Waals surface area (Å²) in [7, 11) is -1.96. The van der Waals surface area contributed by atoms with Crippen molar-refractivity contribution in [2.45, 2.75) is 70.6 Å². The number of rotatable bonds is 8. The molecule has 0 unspecified atom stereocenters. The van der Waals surface area contributed by atoms with E-state index < -0.39 is 14.3 Å². The van der Waals surface area contributed by atoms with Crippen molar-refractivity contribution in [2.75, 3.05) is 0 Å². The number of epoxide rings is 1. The minimum atomic E-state index is -1.96. The van der Waals surface area contributed by atoms with Crippen molar-refractivity contribution in [1.82, 2.24) is 0 Å². The third kappa shape index (κ3) is 5.28. The molecule has 0 aliphatic carbocycles. The second-order valence-corrected chi connectivity index (χ2v) is 13.4. The first-order valence-corrected chi connectivity index (χ1v) is 12.2. The van der Waals surface area contributed by atoms with Gasteiger partial charge in [0.2, 0.25) is 0 Å². The van der Waals surface area contributed by atoms with Gasteiger partial charge in [0.1, 0.15) is 6.10 Å². The Morgan fingerprint density at radius 2 is 1.92 bits per heavy atom. The first kappa shape index (κ1) is 20.9. The van der Waals surface area contributed by atoms with Crippen molar-refractivity contribution in [3.63, 3.8) is 0 Å². The highest BCUT2D eigenvalue weighted by Gasteiger charge is 2.48. The Morgan fingerprint density at radius 1 is 1.31 bits per heavy atom. The summed E-state index contributed by atoms with van der Waals surface area (Å²) in [5.41, 5.74) is 1.19. The first-order chi connectivity index (χ1) is 12.0. The van der Waals surface area contributed by atoms with Crippen LogP contribution in [0.4, 0.5) is 0 Å². The molecule has 144 valence electrons. The van der Waals surface area contributed by atoms with Crippen LogP contribution in [-0.4, -0.2) is 31.6 Å².